The van der Waals surface area contributed by atoms with Gasteiger partial charge in [0.1, 0.15) is 6.26 Å². The molecule has 0 spiro atoms. The molecule has 0 radical (unpaired) electrons. The smallest absolute Gasteiger partial charge is 0.180 e. The maximum Gasteiger partial charge on any atom is 0.180 e. The van der Waals surface area contributed by atoms with Crippen molar-refractivity contribution in [2.75, 3.05) is 6.38 Å². The maximum absolute atomic E-state index is 4.64. The highest BCUT2D eigenvalue weighted by Gasteiger charge is 1.59. The van der Waals surface area contributed by atoms with Crippen LogP contribution in [-0.4, -0.2) is 11.4 Å². The molecule has 0 aromatic carbocycles. The third-order valence-electron chi connectivity index (χ3n) is 0.347. The molecule has 0 saturated carbocycles. The fourth-order valence-electron chi connectivity index (χ4n) is 0.176. The zero-order valence-corrected chi connectivity index (χ0v) is 4.72. The number of halogens is 1. The molecule has 0 saturated heterocycles. The van der Waals surface area contributed by atoms with Crippen molar-refractivity contribution in [2.45, 2.75) is 0 Å². The van der Waals surface area contributed by atoms with Gasteiger partial charge in [-0.15, -0.1) is 11.6 Å². The molecule has 0 bridgehead atoms. The quantitative estimate of drug-likeness (QED) is 0.484. The fraction of sp³-hybridized carbons (Fsp3) is 0.250. The topological polar surface area (TPSA) is 26.0 Å². The van der Waals surface area contributed by atoms with E-state index in [-0.39, 0.29) is 0 Å². The van der Waals surface area contributed by atoms with E-state index >= 15 is 0 Å². The second-order valence-corrected chi connectivity index (χ2v) is 0.676. The lowest BCUT2D eigenvalue weighted by Gasteiger charge is -1.47. The number of oxazole rings is 1. The molecule has 7 heavy (non-hydrogen) atoms. The van der Waals surface area contributed by atoms with Gasteiger partial charge >= 0.3 is 0 Å². The summed E-state index contributed by atoms with van der Waals surface area (Å²) in [6, 6.07) is 0. The van der Waals surface area contributed by atoms with Crippen molar-refractivity contribution >= 4 is 11.6 Å². The summed E-state index contributed by atoms with van der Waals surface area (Å²) in [5.74, 6) is 0. The van der Waals surface area contributed by atoms with E-state index in [4.69, 9.17) is 0 Å². The first-order chi connectivity index (χ1) is 3.50. The van der Waals surface area contributed by atoms with Gasteiger partial charge in [-0.3, -0.25) is 0 Å². The molecule has 0 fully saturated rings. The number of hydrogen-bond acceptors (Lipinski definition) is 2. The van der Waals surface area contributed by atoms with E-state index in [1.165, 1.54) is 19.0 Å². The van der Waals surface area contributed by atoms with Crippen LogP contribution in [0.4, 0.5) is 0 Å². The van der Waals surface area contributed by atoms with Crippen LogP contribution in [0.3, 0.4) is 0 Å². The van der Waals surface area contributed by atoms with Crippen LogP contribution in [0.2, 0.25) is 0 Å². The summed E-state index contributed by atoms with van der Waals surface area (Å²) in [6.45, 7) is 0. The van der Waals surface area contributed by atoms with Gasteiger partial charge in [0.05, 0.1) is 6.20 Å². The van der Waals surface area contributed by atoms with Crippen molar-refractivity contribution in [2.24, 2.45) is 0 Å². The predicted octanol–water partition coefficient (Wildman–Crippen LogP) is 1.53. The highest BCUT2D eigenvalue weighted by molar-refractivity contribution is 6.15. The average molecular weight is 120 g/mol. The normalized spacial score (nSPS) is 6.57. The summed E-state index contributed by atoms with van der Waals surface area (Å²) in [6.07, 6.45) is 5.94. The number of aromatic nitrogens is 1. The minimum Gasteiger partial charge on any atom is -0.452 e. The van der Waals surface area contributed by atoms with E-state index < -0.39 is 0 Å². The summed E-state index contributed by atoms with van der Waals surface area (Å²) in [5.41, 5.74) is 0. The zero-order valence-electron chi connectivity index (χ0n) is 3.97. The second-order valence-electron chi connectivity index (χ2n) is 0.676. The van der Waals surface area contributed by atoms with Crippen LogP contribution in [0.15, 0.2) is 23.3 Å². The molecule has 40 valence electrons. The highest BCUT2D eigenvalue weighted by Crippen LogP contribution is 1.72. The minimum atomic E-state index is 1.38. The molecule has 1 aromatic rings. The minimum absolute atomic E-state index is 1.38. The van der Waals surface area contributed by atoms with E-state index in [0.717, 1.165) is 0 Å². The Morgan fingerprint density at radius 3 is 2.43 bits per heavy atom. The zero-order chi connectivity index (χ0) is 5.54. The van der Waals surface area contributed by atoms with Gasteiger partial charge in [-0.2, -0.15) is 0 Å². The highest BCUT2D eigenvalue weighted by atomic mass is 35.5. The Morgan fingerprint density at radius 1 is 1.57 bits per heavy atom. The first kappa shape index (κ1) is 6.50. The molecule has 1 rings (SSSR count). The first-order valence-corrected chi connectivity index (χ1v) is 2.46. The van der Waals surface area contributed by atoms with Gasteiger partial charge in [-0.25, -0.2) is 4.98 Å². The van der Waals surface area contributed by atoms with E-state index in [1.54, 1.807) is 6.20 Å². The van der Waals surface area contributed by atoms with E-state index in [1.807, 2.05) is 0 Å². The molecule has 0 atom stereocenters. The lowest BCUT2D eigenvalue weighted by atomic mass is 11.0. The van der Waals surface area contributed by atoms with Crippen molar-refractivity contribution in [1.29, 1.82) is 0 Å². The Morgan fingerprint density at radius 2 is 2.29 bits per heavy atom. The number of nitrogens with zero attached hydrogens (tertiary/aromatic N) is 1. The molecule has 0 amide bonds. The van der Waals surface area contributed by atoms with Crippen molar-refractivity contribution in [3.63, 3.8) is 0 Å². The lowest BCUT2D eigenvalue weighted by Crippen LogP contribution is -1.38. The summed E-state index contributed by atoms with van der Waals surface area (Å²) < 4.78 is 4.47. The number of rotatable bonds is 0. The summed E-state index contributed by atoms with van der Waals surface area (Å²) in [5, 5.41) is 0. The molecule has 2 nitrogen and oxygen atoms in total. The van der Waals surface area contributed by atoms with Crippen LogP contribution < -0.4 is 0 Å². The maximum atomic E-state index is 4.64. The molecule has 0 unspecified atom stereocenters. The molecule has 1 aromatic heterocycles. The Bertz CT molecular complexity index is 68.2. The van der Waals surface area contributed by atoms with Gasteiger partial charge in [0.25, 0.3) is 0 Å². The fourth-order valence-corrected chi connectivity index (χ4v) is 0.176. The molecule has 0 aliphatic rings. The van der Waals surface area contributed by atoms with Gasteiger partial charge in [0.2, 0.25) is 0 Å². The van der Waals surface area contributed by atoms with Crippen molar-refractivity contribution in [1.82, 2.24) is 4.98 Å². The van der Waals surface area contributed by atoms with Crippen LogP contribution in [0.5, 0.6) is 0 Å². The summed E-state index contributed by atoms with van der Waals surface area (Å²) in [4.78, 5) is 3.56. The first-order valence-electron chi connectivity index (χ1n) is 1.70. The Labute approximate surface area is 47.1 Å². The summed E-state index contributed by atoms with van der Waals surface area (Å²) in [7, 11) is 0. The standard InChI is InChI=1S/C3H3NO.CH3Cl/c1-2-5-3-4-1;1-2/h1-3H;1H3. The molecule has 3 heteroatoms. The van der Waals surface area contributed by atoms with Crippen LogP contribution >= 0.6 is 11.6 Å². The van der Waals surface area contributed by atoms with Crippen LogP contribution in [0, 0.1) is 0 Å². The molecule has 1 heterocycles. The van der Waals surface area contributed by atoms with Crippen LogP contribution in [0.25, 0.3) is 0 Å². The number of alkyl halides is 1. The lowest BCUT2D eigenvalue weighted by molar-refractivity contribution is 0.558. The molecular formula is C4H6ClNO. The van der Waals surface area contributed by atoms with E-state index in [9.17, 15) is 0 Å². The van der Waals surface area contributed by atoms with Gasteiger partial charge in [0, 0.05) is 6.38 Å². The largest absolute Gasteiger partial charge is 0.452 e. The van der Waals surface area contributed by atoms with Crippen LogP contribution in [0.1, 0.15) is 0 Å². The van der Waals surface area contributed by atoms with E-state index in [2.05, 4.69) is 21.0 Å². The van der Waals surface area contributed by atoms with Gasteiger partial charge in [0.15, 0.2) is 6.39 Å². The van der Waals surface area contributed by atoms with Gasteiger partial charge in [-0.05, 0) is 0 Å². The molecule has 0 aliphatic carbocycles. The molecule has 0 N–H and O–H groups in total. The third-order valence-corrected chi connectivity index (χ3v) is 0.347. The van der Waals surface area contributed by atoms with Crippen molar-refractivity contribution in [3.8, 4) is 0 Å². The monoisotopic (exact) mass is 119 g/mol. The predicted molar refractivity (Wildman–Crippen MR) is 28.3 cm³/mol. The second kappa shape index (κ2) is 5.50. The van der Waals surface area contributed by atoms with E-state index in [0.29, 0.717) is 0 Å². The Balaban J connectivity index is 0.000000162. The van der Waals surface area contributed by atoms with Gasteiger partial charge < -0.3 is 4.42 Å². The Hall–Kier alpha value is -0.500. The number of hydrogen-bond donors (Lipinski definition) is 0. The summed E-state index contributed by atoms with van der Waals surface area (Å²) >= 11 is 4.64. The van der Waals surface area contributed by atoms with Crippen molar-refractivity contribution < 1.29 is 4.42 Å². The van der Waals surface area contributed by atoms with Crippen LogP contribution in [-0.2, 0) is 0 Å². The molecular weight excluding hydrogens is 114 g/mol. The third kappa shape index (κ3) is 3.33. The van der Waals surface area contributed by atoms with Crippen molar-refractivity contribution in [3.05, 3.63) is 18.9 Å². The molecule has 0 aliphatic heterocycles. The Kier molecular flexibility index (Phi) is 5.11. The van der Waals surface area contributed by atoms with Gasteiger partial charge in [-0.1, -0.05) is 0 Å². The average Bonchev–Trinajstić information content (AvgIpc) is 2.23. The SMILES string of the molecule is CCl.c1cocn1.